The van der Waals surface area contributed by atoms with Crippen LogP contribution in [0.2, 0.25) is 5.02 Å². The molecule has 5 heterocycles. The Balaban J connectivity index is 0.917. The normalized spacial score (nSPS) is 16.9. The van der Waals surface area contributed by atoms with Gasteiger partial charge in [0.2, 0.25) is 0 Å². The number of amides is 3. The Morgan fingerprint density at radius 1 is 0.870 bits per heavy atom. The summed E-state index contributed by atoms with van der Waals surface area (Å²) in [5, 5.41) is 5.80. The van der Waals surface area contributed by atoms with E-state index >= 15 is 0 Å². The zero-order valence-electron chi connectivity index (χ0n) is 29.4. The number of carbonyl (C=O) groups is 3. The molecule has 3 aromatic carbocycles. The number of halogens is 2. The minimum absolute atomic E-state index is 0.0595. The molecule has 0 radical (unpaired) electrons. The Morgan fingerprint density at radius 2 is 1.67 bits per heavy atom. The minimum Gasteiger partial charge on any atom is -0.381 e. The van der Waals surface area contributed by atoms with Gasteiger partial charge in [-0.05, 0) is 104 Å². The first-order chi connectivity index (χ1) is 26.2. The number of hydrogen-bond acceptors (Lipinski definition) is 7. The molecule has 0 atom stereocenters. The molecule has 12 heteroatoms. The number of ether oxygens (including phenoxy) is 1. The lowest BCUT2D eigenvalue weighted by molar-refractivity contribution is -0.000521. The van der Waals surface area contributed by atoms with Crippen molar-refractivity contribution in [2.24, 2.45) is 5.41 Å². The molecule has 4 aliphatic rings. The second kappa shape index (κ2) is 14.0. The lowest BCUT2D eigenvalue weighted by atomic mass is 9.73. The molecule has 274 valence electrons. The van der Waals surface area contributed by atoms with Gasteiger partial charge in [0.15, 0.2) is 0 Å². The number of rotatable bonds is 6. The van der Waals surface area contributed by atoms with Crippen molar-refractivity contribution in [3.63, 3.8) is 0 Å². The van der Waals surface area contributed by atoms with Gasteiger partial charge >= 0.3 is 0 Å². The first-order valence-electron chi connectivity index (χ1n) is 18.3. The molecule has 0 saturated carbocycles. The van der Waals surface area contributed by atoms with E-state index in [1.165, 1.54) is 29.5 Å². The predicted octanol–water partition coefficient (Wildman–Crippen LogP) is 8.42. The molecule has 5 aromatic rings. The number of thiophene rings is 1. The summed E-state index contributed by atoms with van der Waals surface area (Å²) in [6.07, 6.45) is 5.49. The van der Waals surface area contributed by atoms with E-state index in [-0.39, 0.29) is 27.9 Å². The fraction of sp³-hybridized carbons (Fsp3) is 0.286. The summed E-state index contributed by atoms with van der Waals surface area (Å²) in [5.41, 5.74) is 6.57. The third-order valence-corrected chi connectivity index (χ3v) is 12.6. The van der Waals surface area contributed by atoms with Crippen LogP contribution in [-0.4, -0.2) is 55.6 Å². The number of carbonyl (C=O) groups excluding carboxylic acids is 3. The standard InChI is InChI=1S/C42H37ClFN5O4S/c43-31-7-4-8-32(44)36(31)47-40(51)35-22-27-15-18-49(34-10-2-1-6-29(34)37(27)54-35)41(52)25-11-13-28(14-12-25)45-39(50)30-21-26-5-3-9-33(26)46-38(30)48-23-42(24-48)16-19-53-20-17-42/h1-2,4,6-8,10-14,21-22H,3,5,9,15-20,23-24H2,(H,45,50)(H,47,51). The molecule has 2 saturated heterocycles. The second-order valence-corrected chi connectivity index (χ2v) is 16.0. The highest BCUT2D eigenvalue weighted by Gasteiger charge is 2.45. The lowest BCUT2D eigenvalue weighted by Crippen LogP contribution is -2.59. The fourth-order valence-electron chi connectivity index (χ4n) is 8.16. The van der Waals surface area contributed by atoms with Gasteiger partial charge in [0, 0.05) is 65.6 Å². The Hall–Kier alpha value is -5.10. The average Bonchev–Trinajstić information content (AvgIpc) is 3.79. The minimum atomic E-state index is -0.611. The van der Waals surface area contributed by atoms with Crippen LogP contribution in [0, 0.1) is 11.2 Å². The molecule has 3 aliphatic heterocycles. The number of fused-ring (bicyclic) bond motifs is 4. The van der Waals surface area contributed by atoms with Crippen LogP contribution in [0.5, 0.6) is 0 Å². The summed E-state index contributed by atoms with van der Waals surface area (Å²) in [6, 6.07) is 22.7. The Kier molecular flexibility index (Phi) is 8.95. The van der Waals surface area contributed by atoms with E-state index in [1.807, 2.05) is 30.3 Å². The quantitative estimate of drug-likeness (QED) is 0.180. The molecule has 0 unspecified atom stereocenters. The first-order valence-corrected chi connectivity index (χ1v) is 19.5. The molecule has 1 spiro atoms. The molecule has 9 rings (SSSR count). The van der Waals surface area contributed by atoms with Crippen LogP contribution in [0.1, 0.15) is 66.5 Å². The molecule has 2 aromatic heterocycles. The monoisotopic (exact) mass is 761 g/mol. The van der Waals surface area contributed by atoms with Crippen molar-refractivity contribution in [3.8, 4) is 10.4 Å². The summed E-state index contributed by atoms with van der Waals surface area (Å²) in [5.74, 6) is -0.692. The number of nitrogens with one attached hydrogen (secondary N) is 2. The Labute approximate surface area is 321 Å². The van der Waals surface area contributed by atoms with Crippen molar-refractivity contribution in [1.29, 1.82) is 0 Å². The Morgan fingerprint density at radius 3 is 2.46 bits per heavy atom. The SMILES string of the molecule is O=C(Nc1c(F)cccc1Cl)c1cc2c(s1)-c1ccccc1N(C(=O)c1ccc(NC(=O)c3cc4c(nc3N3CC5(CCOCC5)C3)CCC4)cc1)CC2. The molecule has 3 amide bonds. The van der Waals surface area contributed by atoms with Gasteiger partial charge in [-0.15, -0.1) is 11.3 Å². The van der Waals surface area contributed by atoms with Gasteiger partial charge in [0.25, 0.3) is 17.7 Å². The summed E-state index contributed by atoms with van der Waals surface area (Å²) in [6.45, 7) is 3.72. The second-order valence-electron chi connectivity index (χ2n) is 14.6. The maximum Gasteiger partial charge on any atom is 0.265 e. The number of nitrogens with zero attached hydrogens (tertiary/aromatic N) is 3. The number of pyridine rings is 1. The maximum absolute atomic E-state index is 14.4. The summed E-state index contributed by atoms with van der Waals surface area (Å²) in [4.78, 5) is 51.5. The van der Waals surface area contributed by atoms with E-state index in [9.17, 15) is 18.8 Å². The molecule has 2 N–H and O–H groups in total. The average molecular weight is 762 g/mol. The first kappa shape index (κ1) is 34.7. The molecule has 1 aliphatic carbocycles. The van der Waals surface area contributed by atoms with Crippen molar-refractivity contribution < 1.29 is 23.5 Å². The zero-order chi connectivity index (χ0) is 37.0. The van der Waals surface area contributed by atoms with Crippen molar-refractivity contribution in [1.82, 2.24) is 4.98 Å². The number of benzene rings is 3. The van der Waals surface area contributed by atoms with Crippen molar-refractivity contribution in [3.05, 3.63) is 123 Å². The highest BCUT2D eigenvalue weighted by molar-refractivity contribution is 7.17. The van der Waals surface area contributed by atoms with Gasteiger partial charge in [0.1, 0.15) is 11.6 Å². The molecular formula is C42H37ClFN5O4S. The van der Waals surface area contributed by atoms with E-state index in [2.05, 4.69) is 15.5 Å². The van der Waals surface area contributed by atoms with E-state index in [0.29, 0.717) is 34.7 Å². The summed E-state index contributed by atoms with van der Waals surface area (Å²) in [7, 11) is 0. The van der Waals surface area contributed by atoms with Crippen LogP contribution in [0.4, 0.5) is 27.3 Å². The van der Waals surface area contributed by atoms with Gasteiger partial charge in [-0.2, -0.15) is 0 Å². The van der Waals surface area contributed by atoms with E-state index in [1.54, 1.807) is 35.2 Å². The lowest BCUT2D eigenvalue weighted by Gasteiger charge is -2.53. The number of hydrogen-bond donors (Lipinski definition) is 2. The highest BCUT2D eigenvalue weighted by Crippen LogP contribution is 2.44. The largest absolute Gasteiger partial charge is 0.381 e. The van der Waals surface area contributed by atoms with E-state index < -0.39 is 11.7 Å². The molecular weight excluding hydrogens is 725 g/mol. The van der Waals surface area contributed by atoms with E-state index in [4.69, 9.17) is 21.3 Å². The third-order valence-electron chi connectivity index (χ3n) is 11.1. The Bertz CT molecular complexity index is 2290. The number of anilines is 4. The number of para-hydroxylation sites is 2. The van der Waals surface area contributed by atoms with Crippen LogP contribution in [-0.2, 0) is 24.0 Å². The van der Waals surface area contributed by atoms with Gasteiger partial charge in [-0.1, -0.05) is 35.9 Å². The third kappa shape index (κ3) is 6.33. The fourth-order valence-corrected chi connectivity index (χ4v) is 9.51. The molecule has 54 heavy (non-hydrogen) atoms. The molecule has 9 nitrogen and oxygen atoms in total. The van der Waals surface area contributed by atoms with Gasteiger partial charge < -0.3 is 25.2 Å². The van der Waals surface area contributed by atoms with E-state index in [0.717, 1.165) is 97.2 Å². The number of aromatic nitrogens is 1. The zero-order valence-corrected chi connectivity index (χ0v) is 31.0. The van der Waals surface area contributed by atoms with Gasteiger partial charge in [-0.3, -0.25) is 14.4 Å². The van der Waals surface area contributed by atoms with Crippen LogP contribution >= 0.6 is 22.9 Å². The topological polar surface area (TPSA) is 104 Å². The molecule has 0 bridgehead atoms. The number of aryl methyl sites for hydroxylation is 2. The summed E-state index contributed by atoms with van der Waals surface area (Å²) < 4.78 is 20.0. The van der Waals surface area contributed by atoms with Crippen LogP contribution < -0.4 is 20.4 Å². The molecule has 2 fully saturated rings. The van der Waals surface area contributed by atoms with Crippen molar-refractivity contribution in [2.75, 3.05) is 53.3 Å². The van der Waals surface area contributed by atoms with Gasteiger partial charge in [-0.25, -0.2) is 9.37 Å². The van der Waals surface area contributed by atoms with Crippen molar-refractivity contribution in [2.45, 2.75) is 38.5 Å². The predicted molar refractivity (Wildman–Crippen MR) is 210 cm³/mol. The van der Waals surface area contributed by atoms with Crippen LogP contribution in [0.15, 0.2) is 78.9 Å². The van der Waals surface area contributed by atoms with Crippen LogP contribution in [0.25, 0.3) is 10.4 Å². The highest BCUT2D eigenvalue weighted by atomic mass is 35.5. The van der Waals surface area contributed by atoms with Crippen molar-refractivity contribution >= 4 is 63.5 Å². The summed E-state index contributed by atoms with van der Waals surface area (Å²) >= 11 is 7.45. The van der Waals surface area contributed by atoms with Gasteiger partial charge in [0.05, 0.1) is 26.8 Å². The van der Waals surface area contributed by atoms with Crippen LogP contribution in [0.3, 0.4) is 0 Å². The smallest absolute Gasteiger partial charge is 0.265 e. The maximum atomic E-state index is 14.4.